The summed E-state index contributed by atoms with van der Waals surface area (Å²) >= 11 is 0. The van der Waals surface area contributed by atoms with Crippen LogP contribution in [0.2, 0.25) is 0 Å². The molecule has 0 amide bonds. The minimum absolute atomic E-state index is 0.0669. The van der Waals surface area contributed by atoms with Crippen molar-refractivity contribution >= 4 is 21.7 Å². The molecular formula is C15H17F3O5S. The van der Waals surface area contributed by atoms with E-state index < -0.39 is 32.8 Å². The van der Waals surface area contributed by atoms with Gasteiger partial charge in [-0.15, -0.1) is 0 Å². The van der Waals surface area contributed by atoms with Crippen molar-refractivity contribution in [2.45, 2.75) is 33.2 Å². The topological polar surface area (TPSA) is 80.7 Å². The Hall–Kier alpha value is -2.03. The molecule has 0 aliphatic rings. The van der Waals surface area contributed by atoms with E-state index in [0.717, 1.165) is 12.1 Å². The van der Waals surface area contributed by atoms with Crippen LogP contribution >= 0.6 is 0 Å². The van der Waals surface area contributed by atoms with E-state index in [0.29, 0.717) is 0 Å². The maximum Gasteiger partial charge on any atom is 0.534 e. The first kappa shape index (κ1) is 20.0. The van der Waals surface area contributed by atoms with E-state index in [1.165, 1.54) is 6.92 Å². The van der Waals surface area contributed by atoms with Crippen LogP contribution in [0.15, 0.2) is 18.7 Å². The van der Waals surface area contributed by atoms with Gasteiger partial charge < -0.3 is 9.29 Å². The van der Waals surface area contributed by atoms with Crippen molar-refractivity contribution in [3.63, 3.8) is 0 Å². The van der Waals surface area contributed by atoms with Crippen LogP contribution in [0.4, 0.5) is 13.2 Å². The second kappa shape index (κ2) is 6.12. The van der Waals surface area contributed by atoms with E-state index in [-0.39, 0.29) is 22.3 Å². The highest BCUT2D eigenvalue weighted by atomic mass is 32.2. The Bertz CT molecular complexity index is 787. The van der Waals surface area contributed by atoms with E-state index >= 15 is 0 Å². The van der Waals surface area contributed by atoms with Gasteiger partial charge in [-0.1, -0.05) is 27.4 Å². The quantitative estimate of drug-likeness (QED) is 0.644. The van der Waals surface area contributed by atoms with Crippen LogP contribution in [0.1, 0.15) is 42.3 Å². The fraction of sp³-hybridized carbons (Fsp3) is 0.400. The number of carbonyl (C=O) groups is 1. The molecular weight excluding hydrogens is 349 g/mol. The van der Waals surface area contributed by atoms with Gasteiger partial charge >= 0.3 is 21.6 Å². The van der Waals surface area contributed by atoms with E-state index in [1.807, 2.05) is 0 Å². The largest absolute Gasteiger partial charge is 0.534 e. The van der Waals surface area contributed by atoms with Crippen LogP contribution in [-0.4, -0.2) is 25.0 Å². The van der Waals surface area contributed by atoms with Gasteiger partial charge in [-0.3, -0.25) is 0 Å². The maximum atomic E-state index is 12.6. The SMILES string of the molecule is C=C(c1c(OS(=O)(=O)C(F)(F)F)ccc(C(=O)O)c1C)C(C)(C)C. The molecule has 0 saturated carbocycles. The lowest BCUT2D eigenvalue weighted by Crippen LogP contribution is -2.28. The van der Waals surface area contributed by atoms with Crippen LogP contribution in [0.25, 0.3) is 5.57 Å². The Balaban J connectivity index is 3.66. The number of carboxylic acid groups (broad SMARTS) is 1. The zero-order chi connectivity index (χ0) is 19.1. The fourth-order valence-corrected chi connectivity index (χ4v) is 2.37. The van der Waals surface area contributed by atoms with Crippen molar-refractivity contribution in [2.24, 2.45) is 5.41 Å². The van der Waals surface area contributed by atoms with Crippen molar-refractivity contribution in [3.05, 3.63) is 35.4 Å². The van der Waals surface area contributed by atoms with E-state index in [9.17, 15) is 26.4 Å². The molecule has 1 aromatic rings. The summed E-state index contributed by atoms with van der Waals surface area (Å²) in [6.07, 6.45) is 0. The van der Waals surface area contributed by atoms with Gasteiger partial charge in [-0.25, -0.2) is 4.79 Å². The highest BCUT2D eigenvalue weighted by Crippen LogP contribution is 2.41. The Morgan fingerprint density at radius 3 is 2.08 bits per heavy atom. The molecule has 0 aromatic heterocycles. The predicted molar refractivity (Wildman–Crippen MR) is 82.2 cm³/mol. The summed E-state index contributed by atoms with van der Waals surface area (Å²) in [5, 5.41) is 9.16. The molecule has 1 N–H and O–H groups in total. The Kier molecular flexibility index (Phi) is 5.10. The molecule has 0 atom stereocenters. The van der Waals surface area contributed by atoms with Crippen LogP contribution < -0.4 is 4.18 Å². The third-order valence-corrected chi connectivity index (χ3v) is 4.31. The number of halogens is 3. The van der Waals surface area contributed by atoms with Crippen molar-refractivity contribution in [3.8, 4) is 5.75 Å². The molecule has 0 radical (unpaired) electrons. The van der Waals surface area contributed by atoms with Gasteiger partial charge in [0.15, 0.2) is 5.75 Å². The molecule has 9 heteroatoms. The summed E-state index contributed by atoms with van der Waals surface area (Å²) in [7, 11) is -5.89. The average molecular weight is 366 g/mol. The minimum Gasteiger partial charge on any atom is -0.478 e. The number of rotatable bonds is 4. The fourth-order valence-electron chi connectivity index (χ4n) is 1.90. The number of hydrogen-bond donors (Lipinski definition) is 1. The normalized spacial score (nSPS) is 12.8. The molecule has 0 aliphatic heterocycles. The summed E-state index contributed by atoms with van der Waals surface area (Å²) in [6, 6.07) is 1.87. The Labute approximate surface area is 137 Å². The van der Waals surface area contributed by atoms with Gasteiger partial charge in [0.25, 0.3) is 0 Å². The van der Waals surface area contributed by atoms with E-state index in [1.54, 1.807) is 20.8 Å². The molecule has 0 fully saturated rings. The molecule has 1 rings (SSSR count). The highest BCUT2D eigenvalue weighted by molar-refractivity contribution is 7.88. The van der Waals surface area contributed by atoms with Gasteiger partial charge in [0.1, 0.15) is 0 Å². The van der Waals surface area contributed by atoms with Crippen LogP contribution in [0.5, 0.6) is 5.75 Å². The number of carboxylic acids is 1. The van der Waals surface area contributed by atoms with Crippen molar-refractivity contribution in [1.29, 1.82) is 0 Å². The third kappa shape index (κ3) is 3.89. The Morgan fingerprint density at radius 2 is 1.71 bits per heavy atom. The summed E-state index contributed by atoms with van der Waals surface area (Å²) in [5.41, 5.74) is -6.22. The summed E-state index contributed by atoms with van der Waals surface area (Å²) in [4.78, 5) is 11.2. The van der Waals surface area contributed by atoms with Crippen molar-refractivity contribution < 1.29 is 35.7 Å². The average Bonchev–Trinajstić information content (AvgIpc) is 2.34. The summed E-state index contributed by atoms with van der Waals surface area (Å²) < 4.78 is 64.5. The molecule has 0 saturated heterocycles. The number of alkyl halides is 3. The lowest BCUT2D eigenvalue weighted by Gasteiger charge is -2.26. The summed E-state index contributed by atoms with van der Waals surface area (Å²) in [6.45, 7) is 10.2. The third-order valence-electron chi connectivity index (χ3n) is 3.35. The van der Waals surface area contributed by atoms with Crippen LogP contribution in [0.3, 0.4) is 0 Å². The van der Waals surface area contributed by atoms with Crippen molar-refractivity contribution in [2.75, 3.05) is 0 Å². The van der Waals surface area contributed by atoms with Crippen molar-refractivity contribution in [1.82, 2.24) is 0 Å². The molecule has 24 heavy (non-hydrogen) atoms. The first-order chi connectivity index (χ1) is 10.6. The molecule has 0 unspecified atom stereocenters. The number of benzene rings is 1. The number of hydrogen-bond acceptors (Lipinski definition) is 4. The molecule has 1 aromatic carbocycles. The van der Waals surface area contributed by atoms with Gasteiger partial charge in [0, 0.05) is 5.56 Å². The van der Waals surface area contributed by atoms with Gasteiger partial charge in [0.05, 0.1) is 5.56 Å². The predicted octanol–water partition coefficient (Wildman–Crippen LogP) is 3.98. The molecule has 134 valence electrons. The smallest absolute Gasteiger partial charge is 0.478 e. The second-order valence-corrected chi connectivity index (χ2v) is 7.67. The molecule has 0 bridgehead atoms. The molecule has 0 aliphatic carbocycles. The van der Waals surface area contributed by atoms with Crippen LogP contribution in [-0.2, 0) is 10.1 Å². The first-order valence-electron chi connectivity index (χ1n) is 6.67. The minimum atomic E-state index is -5.89. The van der Waals surface area contributed by atoms with Crippen LogP contribution in [0, 0.1) is 12.3 Å². The standard InChI is InChI=1S/C15H17F3O5S/c1-8-10(13(19)20)6-7-11(12(8)9(2)14(3,4)5)23-24(21,22)15(16,17)18/h6-7H,2H2,1,3-5H3,(H,19,20). The highest BCUT2D eigenvalue weighted by Gasteiger charge is 2.49. The van der Waals surface area contributed by atoms with Gasteiger partial charge in [0.2, 0.25) is 0 Å². The zero-order valence-electron chi connectivity index (χ0n) is 13.5. The first-order valence-corrected chi connectivity index (χ1v) is 8.08. The molecule has 5 nitrogen and oxygen atoms in total. The lowest BCUT2D eigenvalue weighted by atomic mass is 9.80. The molecule has 0 heterocycles. The Morgan fingerprint density at radius 1 is 1.21 bits per heavy atom. The van der Waals surface area contributed by atoms with E-state index in [2.05, 4.69) is 10.8 Å². The number of aromatic carboxylic acids is 1. The zero-order valence-corrected chi connectivity index (χ0v) is 14.3. The molecule has 0 spiro atoms. The van der Waals surface area contributed by atoms with Gasteiger partial charge in [-0.05, 0) is 35.6 Å². The number of allylic oxidation sites excluding steroid dienone is 1. The summed E-state index contributed by atoms with van der Waals surface area (Å²) in [5.74, 6) is -1.92. The van der Waals surface area contributed by atoms with Gasteiger partial charge in [-0.2, -0.15) is 21.6 Å². The maximum absolute atomic E-state index is 12.6. The monoisotopic (exact) mass is 366 g/mol. The second-order valence-electron chi connectivity index (χ2n) is 6.13. The lowest BCUT2D eigenvalue weighted by molar-refractivity contribution is -0.0500. The van der Waals surface area contributed by atoms with E-state index in [4.69, 9.17) is 5.11 Å².